The maximum atomic E-state index is 14.6. The largest absolute Gasteiger partial charge is 0.416 e. The topological polar surface area (TPSA) is 24.9 Å². The van der Waals surface area contributed by atoms with Crippen LogP contribution in [0.2, 0.25) is 5.02 Å². The monoisotopic (exact) mass is 494 g/mol. The molecule has 0 aliphatic rings. The third-order valence-electron chi connectivity index (χ3n) is 5.83. The molecule has 0 saturated heterocycles. The zero-order valence-electron chi connectivity index (χ0n) is 18.5. The first kappa shape index (κ1) is 25.0. The zero-order chi connectivity index (χ0) is 25.1. The molecule has 0 aliphatic heterocycles. The first-order valence-electron chi connectivity index (χ1n) is 10.8. The molecule has 4 aromatic rings. The molecule has 1 N–H and O–H groups in total. The average molecular weight is 495 g/mol. The second-order valence-corrected chi connectivity index (χ2v) is 8.64. The third kappa shape index (κ3) is 5.74. The molecule has 3 aromatic carbocycles. The van der Waals surface area contributed by atoms with Gasteiger partial charge in [0.05, 0.1) is 21.8 Å². The maximum Gasteiger partial charge on any atom is 0.416 e. The first-order valence-corrected chi connectivity index (χ1v) is 11.2. The van der Waals surface area contributed by atoms with Crippen LogP contribution >= 0.6 is 11.6 Å². The van der Waals surface area contributed by atoms with E-state index in [0.29, 0.717) is 22.2 Å². The zero-order valence-corrected chi connectivity index (χ0v) is 19.2. The number of nitrogens with one attached hydrogen (secondary N) is 1. The van der Waals surface area contributed by atoms with Crippen molar-refractivity contribution in [2.24, 2.45) is 0 Å². The molecule has 8 heteroatoms. The fraction of sp³-hybridized carbons (Fsp3) is 0.148. The van der Waals surface area contributed by atoms with Crippen molar-refractivity contribution in [2.45, 2.75) is 24.7 Å². The van der Waals surface area contributed by atoms with E-state index < -0.39 is 23.1 Å². The van der Waals surface area contributed by atoms with Crippen molar-refractivity contribution in [1.82, 2.24) is 10.3 Å². The number of halogens is 5. The third-order valence-corrected chi connectivity index (χ3v) is 6.05. The summed E-state index contributed by atoms with van der Waals surface area (Å²) in [5, 5.41) is 3.74. The molecule has 1 atom stereocenters. The van der Waals surface area contributed by atoms with Gasteiger partial charge in [0, 0.05) is 19.2 Å². The normalized spacial score (nSPS) is 13.4. The van der Waals surface area contributed by atoms with Gasteiger partial charge in [0.25, 0.3) is 0 Å². The Hall–Kier alpha value is -3.16. The van der Waals surface area contributed by atoms with Gasteiger partial charge in [-0.1, -0.05) is 71.7 Å². The fourth-order valence-corrected chi connectivity index (χ4v) is 4.18. The van der Waals surface area contributed by atoms with Gasteiger partial charge in [0.15, 0.2) is 0 Å². The lowest BCUT2D eigenvalue weighted by atomic mass is 9.79. The minimum absolute atomic E-state index is 0.0815. The number of benzene rings is 3. The molecule has 176 valence electrons. The molecule has 2 radical (unpaired) electrons. The summed E-state index contributed by atoms with van der Waals surface area (Å²) in [4.78, 5) is 4.45. The van der Waals surface area contributed by atoms with Crippen molar-refractivity contribution in [3.8, 4) is 0 Å². The Morgan fingerprint density at radius 1 is 0.857 bits per heavy atom. The Bertz CT molecular complexity index is 1300. The smallest absolute Gasteiger partial charge is 0.298 e. The number of aromatic nitrogens is 1. The van der Waals surface area contributed by atoms with Crippen LogP contribution in [0.4, 0.5) is 17.6 Å². The Labute approximate surface area is 207 Å². The minimum atomic E-state index is -4.73. The van der Waals surface area contributed by atoms with Gasteiger partial charge in [-0.3, -0.25) is 10.3 Å². The Morgan fingerprint density at radius 3 is 2.20 bits per heavy atom. The summed E-state index contributed by atoms with van der Waals surface area (Å²) in [6, 6.07) is 22.2. The van der Waals surface area contributed by atoms with Gasteiger partial charge in [0.1, 0.15) is 13.7 Å². The number of hydrogen-bond acceptors (Lipinski definition) is 2. The van der Waals surface area contributed by atoms with Gasteiger partial charge >= 0.3 is 6.18 Å². The molecular formula is C27H20BClF4N2. The molecule has 4 rings (SSSR count). The van der Waals surface area contributed by atoms with E-state index in [4.69, 9.17) is 19.4 Å². The summed E-state index contributed by atoms with van der Waals surface area (Å²) < 4.78 is 55.7. The van der Waals surface area contributed by atoms with Crippen molar-refractivity contribution >= 4 is 24.9 Å². The van der Waals surface area contributed by atoms with E-state index in [0.717, 1.165) is 23.3 Å². The maximum absolute atomic E-state index is 14.6. The van der Waals surface area contributed by atoms with Crippen molar-refractivity contribution in [1.29, 1.82) is 0 Å². The van der Waals surface area contributed by atoms with Crippen LogP contribution in [0.1, 0.15) is 27.9 Å². The van der Waals surface area contributed by atoms with Crippen LogP contribution in [0, 0.1) is 5.82 Å². The van der Waals surface area contributed by atoms with E-state index in [1.54, 1.807) is 24.3 Å². The molecule has 0 bridgehead atoms. The molecule has 0 fully saturated rings. The average Bonchev–Trinajstić information content (AvgIpc) is 2.83. The number of rotatable bonds is 7. The van der Waals surface area contributed by atoms with Crippen molar-refractivity contribution in [3.63, 3.8) is 0 Å². The highest BCUT2D eigenvalue weighted by Gasteiger charge is 2.39. The van der Waals surface area contributed by atoms with E-state index in [2.05, 4.69) is 10.3 Å². The predicted molar refractivity (Wildman–Crippen MR) is 130 cm³/mol. The van der Waals surface area contributed by atoms with Crippen LogP contribution < -0.4 is 10.8 Å². The number of nitrogens with zero attached hydrogens (tertiary/aromatic N) is 1. The standard InChI is InChI=1S/C27H20BClF4N2/c28-24-9-5-4-8-19(24)16-35-26(15-18-6-2-1-3-7-18,25-11-10-22(29)17-34-25)20-12-21(27(31,32)33)14-23(30)13-20/h1-14,17,35H,15-16H2. The van der Waals surface area contributed by atoms with Crippen molar-refractivity contribution < 1.29 is 17.6 Å². The van der Waals surface area contributed by atoms with E-state index in [9.17, 15) is 17.6 Å². The SMILES string of the molecule is [B]c1ccccc1CNC(Cc1ccccc1)(c1cc(F)cc(C(F)(F)F)c1)c1ccc(Cl)cn1. The predicted octanol–water partition coefficient (Wildman–Crippen LogP) is 5.96. The highest BCUT2D eigenvalue weighted by atomic mass is 35.5. The second kappa shape index (κ2) is 10.2. The summed E-state index contributed by atoms with van der Waals surface area (Å²) in [6.07, 6.45) is -3.12. The van der Waals surface area contributed by atoms with Gasteiger partial charge < -0.3 is 0 Å². The van der Waals surface area contributed by atoms with Crippen LogP contribution in [0.5, 0.6) is 0 Å². The number of pyridine rings is 1. The molecule has 2 nitrogen and oxygen atoms in total. The van der Waals surface area contributed by atoms with Crippen LogP contribution in [0.15, 0.2) is 91.1 Å². The van der Waals surface area contributed by atoms with Gasteiger partial charge in [0.2, 0.25) is 0 Å². The van der Waals surface area contributed by atoms with E-state index in [-0.39, 0.29) is 18.5 Å². The molecule has 0 amide bonds. The number of alkyl halides is 3. The highest BCUT2D eigenvalue weighted by molar-refractivity contribution is 6.33. The highest BCUT2D eigenvalue weighted by Crippen LogP contribution is 2.38. The summed E-state index contributed by atoms with van der Waals surface area (Å²) in [5.74, 6) is -0.998. The summed E-state index contributed by atoms with van der Waals surface area (Å²) in [6.45, 7) is 0.196. The van der Waals surface area contributed by atoms with Gasteiger partial charge in [-0.15, -0.1) is 0 Å². The van der Waals surface area contributed by atoms with E-state index in [1.165, 1.54) is 6.20 Å². The molecule has 0 saturated carbocycles. The lowest BCUT2D eigenvalue weighted by molar-refractivity contribution is -0.137. The number of hydrogen-bond donors (Lipinski definition) is 1. The molecule has 1 aromatic heterocycles. The molecule has 1 unspecified atom stereocenters. The van der Waals surface area contributed by atoms with Crippen molar-refractivity contribution in [3.05, 3.63) is 130 Å². The second-order valence-electron chi connectivity index (χ2n) is 8.21. The van der Waals surface area contributed by atoms with E-state index >= 15 is 0 Å². The van der Waals surface area contributed by atoms with Gasteiger partial charge in [-0.25, -0.2) is 4.39 Å². The van der Waals surface area contributed by atoms with E-state index in [1.807, 2.05) is 42.5 Å². The summed E-state index contributed by atoms with van der Waals surface area (Å²) in [5.41, 5.74) is 0.128. The van der Waals surface area contributed by atoms with Gasteiger partial charge in [-0.2, -0.15) is 13.2 Å². The van der Waals surface area contributed by atoms with Crippen LogP contribution in [-0.4, -0.2) is 12.8 Å². The molecule has 35 heavy (non-hydrogen) atoms. The Kier molecular flexibility index (Phi) is 7.29. The molecule has 0 aliphatic carbocycles. The Morgan fingerprint density at radius 2 is 1.54 bits per heavy atom. The summed E-state index contributed by atoms with van der Waals surface area (Å²) in [7, 11) is 6.12. The minimum Gasteiger partial charge on any atom is -0.298 e. The fourth-order valence-electron chi connectivity index (χ4n) is 4.07. The van der Waals surface area contributed by atoms with Crippen molar-refractivity contribution in [2.75, 3.05) is 0 Å². The van der Waals surface area contributed by atoms with Crippen LogP contribution in [-0.2, 0) is 24.7 Å². The quantitative estimate of drug-likeness (QED) is 0.253. The molecular weight excluding hydrogens is 475 g/mol. The van der Waals surface area contributed by atoms with Gasteiger partial charge in [-0.05, 0) is 47.0 Å². The lowest BCUT2D eigenvalue weighted by Gasteiger charge is -2.36. The molecule has 0 spiro atoms. The Balaban J connectivity index is 1.94. The molecule has 1 heterocycles. The van der Waals surface area contributed by atoms with Crippen LogP contribution in [0.3, 0.4) is 0 Å². The first-order chi connectivity index (χ1) is 16.7. The van der Waals surface area contributed by atoms with Crippen LogP contribution in [0.25, 0.3) is 0 Å². The summed E-state index contributed by atoms with van der Waals surface area (Å²) >= 11 is 6.06. The lowest BCUT2D eigenvalue weighted by Crippen LogP contribution is -2.46.